The predicted octanol–water partition coefficient (Wildman–Crippen LogP) is 2.02. The summed E-state index contributed by atoms with van der Waals surface area (Å²) in [5.41, 5.74) is 1.91. The Labute approximate surface area is 47.2 Å². The second-order valence-corrected chi connectivity index (χ2v) is 8.26. The van der Waals surface area contributed by atoms with Crippen LogP contribution in [-0.4, -0.2) is 6.69 Å². The zero-order valence-corrected chi connectivity index (χ0v) is 5.63. The summed E-state index contributed by atoms with van der Waals surface area (Å²) in [5.74, 6) is 0. The third-order valence-electron chi connectivity index (χ3n) is 0.752. The Morgan fingerprint density at radius 3 is 1.83 bits per heavy atom. The fourth-order valence-electron chi connectivity index (χ4n) is 0.296. The lowest BCUT2D eigenvalue weighted by atomic mass is 10.7. The van der Waals surface area contributed by atoms with Gasteiger partial charge in [0.25, 0.3) is 6.69 Å². The Morgan fingerprint density at radius 1 is 1.50 bits per heavy atom. The Kier molecular flexibility index (Phi) is 0.979. The molecule has 0 fully saturated rings. The van der Waals surface area contributed by atoms with Crippen molar-refractivity contribution in [3.63, 3.8) is 0 Å². The second-order valence-electron chi connectivity index (χ2n) is 1.37. The first-order valence-corrected chi connectivity index (χ1v) is 6.07. The lowest BCUT2D eigenvalue weighted by Gasteiger charge is -2.15. The maximum absolute atomic E-state index is 5.62. The molecule has 1 heterocycles. The number of allylic oxidation sites excluding steroid dienone is 1. The Bertz CT molecular complexity index is 86.8. The van der Waals surface area contributed by atoms with Gasteiger partial charge in [-0.3, -0.25) is 0 Å². The van der Waals surface area contributed by atoms with Crippen molar-refractivity contribution in [3.8, 4) is 0 Å². The SMILES string of the molecule is Cl[Si]1(Cl)C=CC1. The molecule has 0 aliphatic carbocycles. The smallest absolute Gasteiger partial charge is 0.140 e. The molecule has 1 rings (SSSR count). The summed E-state index contributed by atoms with van der Waals surface area (Å²) < 4.78 is 0. The molecule has 3 heteroatoms. The van der Waals surface area contributed by atoms with Crippen LogP contribution in [0.2, 0.25) is 6.04 Å². The van der Waals surface area contributed by atoms with E-state index in [1.807, 2.05) is 11.8 Å². The van der Waals surface area contributed by atoms with E-state index < -0.39 is 6.69 Å². The van der Waals surface area contributed by atoms with E-state index in [1.54, 1.807) is 0 Å². The lowest BCUT2D eigenvalue weighted by molar-refractivity contribution is 1.60. The van der Waals surface area contributed by atoms with E-state index in [0.717, 1.165) is 6.04 Å². The molecule has 34 valence electrons. The van der Waals surface area contributed by atoms with Gasteiger partial charge in [0.1, 0.15) is 0 Å². The third kappa shape index (κ3) is 0.779. The van der Waals surface area contributed by atoms with Crippen LogP contribution in [0.15, 0.2) is 11.8 Å². The standard InChI is InChI=1S/C3H4Cl2Si/c4-6(5)2-1-3-6/h1-2H,3H2. The van der Waals surface area contributed by atoms with Crippen molar-refractivity contribution in [1.29, 1.82) is 0 Å². The molecule has 0 atom stereocenters. The average Bonchev–Trinajstić information content (AvgIpc) is 1.32. The van der Waals surface area contributed by atoms with E-state index in [1.165, 1.54) is 0 Å². The van der Waals surface area contributed by atoms with Crippen molar-refractivity contribution in [2.45, 2.75) is 6.04 Å². The van der Waals surface area contributed by atoms with E-state index in [4.69, 9.17) is 22.2 Å². The van der Waals surface area contributed by atoms with Crippen LogP contribution in [-0.2, 0) is 0 Å². The average molecular weight is 139 g/mol. The van der Waals surface area contributed by atoms with Gasteiger partial charge in [-0.05, 0) is 6.04 Å². The molecule has 0 spiro atoms. The number of rotatable bonds is 0. The molecule has 1 aliphatic rings. The third-order valence-corrected chi connectivity index (χ3v) is 3.94. The summed E-state index contributed by atoms with van der Waals surface area (Å²) >= 11 is 11.2. The van der Waals surface area contributed by atoms with E-state index in [9.17, 15) is 0 Å². The lowest BCUT2D eigenvalue weighted by Crippen LogP contribution is -2.20. The molecule has 0 unspecified atom stereocenters. The van der Waals surface area contributed by atoms with Crippen molar-refractivity contribution >= 4 is 28.9 Å². The molecule has 0 amide bonds. The highest BCUT2D eigenvalue weighted by atomic mass is 35.7. The van der Waals surface area contributed by atoms with E-state index in [-0.39, 0.29) is 0 Å². The summed E-state index contributed by atoms with van der Waals surface area (Å²) in [6.45, 7) is -1.69. The summed E-state index contributed by atoms with van der Waals surface area (Å²) in [4.78, 5) is 0. The zero-order chi connectivity index (χ0) is 4.62. The Balaban J connectivity index is 2.57. The highest BCUT2D eigenvalue weighted by Gasteiger charge is 2.28. The largest absolute Gasteiger partial charge is 0.277 e. The summed E-state index contributed by atoms with van der Waals surface area (Å²) in [5, 5.41) is 0. The van der Waals surface area contributed by atoms with Gasteiger partial charge >= 0.3 is 0 Å². The van der Waals surface area contributed by atoms with Crippen LogP contribution in [0.4, 0.5) is 0 Å². The van der Waals surface area contributed by atoms with Gasteiger partial charge in [0.2, 0.25) is 0 Å². The molecule has 6 heavy (non-hydrogen) atoms. The topological polar surface area (TPSA) is 0 Å². The Morgan fingerprint density at radius 2 is 1.83 bits per heavy atom. The van der Waals surface area contributed by atoms with Crippen LogP contribution in [0.3, 0.4) is 0 Å². The molecule has 0 saturated heterocycles. The highest BCUT2D eigenvalue weighted by molar-refractivity contribution is 7.48. The Hall–Kier alpha value is 0.537. The fourth-order valence-corrected chi connectivity index (χ4v) is 1.96. The van der Waals surface area contributed by atoms with Gasteiger partial charge in [-0.2, -0.15) is 0 Å². The van der Waals surface area contributed by atoms with Crippen LogP contribution >= 0.6 is 22.2 Å². The highest BCUT2D eigenvalue weighted by Crippen LogP contribution is 2.29. The molecule has 0 radical (unpaired) electrons. The van der Waals surface area contributed by atoms with E-state index in [2.05, 4.69) is 0 Å². The maximum atomic E-state index is 5.62. The summed E-state index contributed by atoms with van der Waals surface area (Å²) in [6.07, 6.45) is 2.01. The molecular weight excluding hydrogens is 135 g/mol. The predicted molar refractivity (Wildman–Crippen MR) is 31.4 cm³/mol. The van der Waals surface area contributed by atoms with E-state index in [0.29, 0.717) is 0 Å². The van der Waals surface area contributed by atoms with Crippen LogP contribution < -0.4 is 0 Å². The molecule has 0 bridgehead atoms. The molecule has 0 aromatic rings. The molecule has 0 saturated carbocycles. The minimum Gasteiger partial charge on any atom is -0.140 e. The van der Waals surface area contributed by atoms with Gasteiger partial charge in [-0.1, -0.05) is 11.8 Å². The number of hydrogen-bond donors (Lipinski definition) is 0. The summed E-state index contributed by atoms with van der Waals surface area (Å²) in [7, 11) is 0. The van der Waals surface area contributed by atoms with Crippen LogP contribution in [0, 0.1) is 0 Å². The molecule has 1 aliphatic heterocycles. The second kappa shape index (κ2) is 1.25. The van der Waals surface area contributed by atoms with Gasteiger partial charge in [-0.15, -0.1) is 22.2 Å². The first kappa shape index (κ1) is 4.69. The summed E-state index contributed by atoms with van der Waals surface area (Å²) in [6, 6.07) is 0.941. The first-order chi connectivity index (χ1) is 2.71. The van der Waals surface area contributed by atoms with Crippen molar-refractivity contribution in [2.24, 2.45) is 0 Å². The molecular formula is C3H4Cl2Si. The van der Waals surface area contributed by atoms with Crippen molar-refractivity contribution in [2.75, 3.05) is 0 Å². The fraction of sp³-hybridized carbons (Fsp3) is 0.333. The van der Waals surface area contributed by atoms with Gasteiger partial charge in [0.15, 0.2) is 0 Å². The maximum Gasteiger partial charge on any atom is 0.277 e. The van der Waals surface area contributed by atoms with Crippen molar-refractivity contribution in [1.82, 2.24) is 0 Å². The zero-order valence-electron chi connectivity index (χ0n) is 3.12. The molecule has 0 N–H and O–H groups in total. The van der Waals surface area contributed by atoms with Crippen LogP contribution in [0.5, 0.6) is 0 Å². The normalized spacial score (nSPS) is 26.3. The molecule has 0 aromatic carbocycles. The molecule has 0 nitrogen and oxygen atoms in total. The van der Waals surface area contributed by atoms with Gasteiger partial charge < -0.3 is 0 Å². The van der Waals surface area contributed by atoms with Gasteiger partial charge in [-0.25, -0.2) is 0 Å². The minimum atomic E-state index is -1.69. The van der Waals surface area contributed by atoms with Gasteiger partial charge in [0.05, 0.1) is 0 Å². The molecule has 0 aromatic heterocycles. The van der Waals surface area contributed by atoms with Crippen molar-refractivity contribution in [3.05, 3.63) is 11.8 Å². The van der Waals surface area contributed by atoms with Crippen LogP contribution in [0.1, 0.15) is 0 Å². The minimum absolute atomic E-state index is 0.941. The van der Waals surface area contributed by atoms with Crippen molar-refractivity contribution < 1.29 is 0 Å². The number of hydrogen-bond acceptors (Lipinski definition) is 0. The monoisotopic (exact) mass is 138 g/mol. The number of halogens is 2. The van der Waals surface area contributed by atoms with E-state index >= 15 is 0 Å². The first-order valence-electron chi connectivity index (χ1n) is 1.76. The van der Waals surface area contributed by atoms with Gasteiger partial charge in [0, 0.05) is 0 Å². The quantitative estimate of drug-likeness (QED) is 0.355. The van der Waals surface area contributed by atoms with Crippen LogP contribution in [0.25, 0.3) is 0 Å².